The van der Waals surface area contributed by atoms with E-state index in [0.29, 0.717) is 39.6 Å². The Morgan fingerprint density at radius 2 is 1.55 bits per heavy atom. The summed E-state index contributed by atoms with van der Waals surface area (Å²) >= 11 is 1.31. The summed E-state index contributed by atoms with van der Waals surface area (Å²) in [6.45, 7) is -0.0632. The van der Waals surface area contributed by atoms with Crippen molar-refractivity contribution in [3.8, 4) is 0 Å². The number of thioether (sulfide) groups is 1. The first-order valence-electron chi connectivity index (χ1n) is 13.3. The Morgan fingerprint density at radius 1 is 0.881 bits per heavy atom. The molecule has 0 radical (unpaired) electrons. The van der Waals surface area contributed by atoms with E-state index in [1.165, 1.54) is 17.8 Å². The van der Waals surface area contributed by atoms with Crippen molar-refractivity contribution in [2.45, 2.75) is 36.6 Å². The summed E-state index contributed by atoms with van der Waals surface area (Å²) in [4.78, 5) is 42.9. The van der Waals surface area contributed by atoms with Crippen LogP contribution in [-0.2, 0) is 16.1 Å². The van der Waals surface area contributed by atoms with Crippen LogP contribution >= 0.6 is 11.8 Å². The topological polar surface area (TPSA) is 126 Å². The number of carboxylic acid groups (broad SMARTS) is 1. The van der Waals surface area contributed by atoms with Gasteiger partial charge in [0, 0.05) is 23.9 Å². The molecule has 1 aromatic heterocycles. The number of aliphatic hydroxyl groups excluding tert-OH is 1. The first-order chi connectivity index (χ1) is 20.4. The van der Waals surface area contributed by atoms with Crippen molar-refractivity contribution in [3.05, 3.63) is 125 Å². The third-order valence-corrected chi connectivity index (χ3v) is 8.38. The number of aliphatic hydroxyl groups is 1. The highest BCUT2D eigenvalue weighted by Gasteiger charge is 2.37. The summed E-state index contributed by atoms with van der Waals surface area (Å²) < 4.78 is 12.7. The number of amides is 2. The summed E-state index contributed by atoms with van der Waals surface area (Å²) in [6, 6.07) is 24.3. The Labute approximate surface area is 245 Å². The van der Waals surface area contributed by atoms with E-state index in [4.69, 9.17) is 9.47 Å². The lowest BCUT2D eigenvalue weighted by Gasteiger charge is -2.36. The third-order valence-electron chi connectivity index (χ3n) is 7.24. The number of benzene rings is 3. The van der Waals surface area contributed by atoms with Crippen LogP contribution in [0.3, 0.4) is 0 Å². The number of nitrogens with zero attached hydrogens (tertiary/aromatic N) is 2. The van der Waals surface area contributed by atoms with Crippen molar-refractivity contribution < 1.29 is 34.1 Å². The summed E-state index contributed by atoms with van der Waals surface area (Å²) in [5.74, 6) is -1.34. The molecule has 0 spiro atoms. The molecule has 212 valence electrons. The summed E-state index contributed by atoms with van der Waals surface area (Å²) in [5.41, 5.74) is 3.73. The van der Waals surface area contributed by atoms with Crippen molar-refractivity contribution in [1.29, 1.82) is 0 Å². The van der Waals surface area contributed by atoms with Gasteiger partial charge in [0.15, 0.2) is 6.29 Å². The Balaban J connectivity index is 1.24. The molecule has 0 unspecified atom stereocenters. The van der Waals surface area contributed by atoms with Gasteiger partial charge >= 0.3 is 5.97 Å². The monoisotopic (exact) mass is 582 g/mol. The smallest absolute Gasteiger partial charge is 0.338 e. The predicted molar refractivity (Wildman–Crippen MR) is 154 cm³/mol. The molecule has 1 fully saturated rings. The molecule has 42 heavy (non-hydrogen) atoms. The largest absolute Gasteiger partial charge is 0.478 e. The molecule has 2 N–H and O–H groups in total. The molecule has 10 heteroatoms. The number of carboxylic acids is 1. The first-order valence-corrected chi connectivity index (χ1v) is 14.3. The molecule has 2 amide bonds. The Morgan fingerprint density at radius 3 is 2.19 bits per heavy atom. The molecule has 0 saturated carbocycles. The zero-order chi connectivity index (χ0) is 29.2. The van der Waals surface area contributed by atoms with Crippen LogP contribution in [0.25, 0.3) is 0 Å². The summed E-state index contributed by atoms with van der Waals surface area (Å²) in [7, 11) is 0. The summed E-state index contributed by atoms with van der Waals surface area (Å²) in [6.07, 6.45) is 0.677. The molecule has 3 heterocycles. The van der Waals surface area contributed by atoms with Gasteiger partial charge in [-0.15, -0.1) is 11.8 Å². The van der Waals surface area contributed by atoms with Gasteiger partial charge in [-0.05, 0) is 47.5 Å². The van der Waals surface area contributed by atoms with E-state index in [-0.39, 0.29) is 36.2 Å². The highest BCUT2D eigenvalue weighted by molar-refractivity contribution is 7.99. The van der Waals surface area contributed by atoms with Gasteiger partial charge in [0.25, 0.3) is 11.8 Å². The van der Waals surface area contributed by atoms with E-state index < -0.39 is 12.3 Å². The Hall–Kier alpha value is -4.35. The Bertz CT molecular complexity index is 1610. The first kappa shape index (κ1) is 27.8. The lowest BCUT2D eigenvalue weighted by Crippen LogP contribution is -2.31. The molecular weight excluding hydrogens is 556 g/mol. The van der Waals surface area contributed by atoms with Crippen LogP contribution < -0.4 is 4.90 Å². The van der Waals surface area contributed by atoms with Crippen molar-refractivity contribution in [1.82, 2.24) is 4.98 Å². The van der Waals surface area contributed by atoms with Gasteiger partial charge in [0.2, 0.25) is 0 Å². The minimum absolute atomic E-state index is 0.0632. The Kier molecular flexibility index (Phi) is 7.86. The van der Waals surface area contributed by atoms with Gasteiger partial charge < -0.3 is 19.7 Å². The van der Waals surface area contributed by atoms with Crippen molar-refractivity contribution in [2.75, 3.05) is 10.7 Å². The number of aromatic carboxylic acids is 1. The summed E-state index contributed by atoms with van der Waals surface area (Å²) in [5, 5.41) is 19.4. The number of carbonyl (C=O) groups excluding carboxylic acids is 2. The molecule has 9 nitrogen and oxygen atoms in total. The van der Waals surface area contributed by atoms with E-state index in [1.807, 2.05) is 24.3 Å². The number of pyridine rings is 1. The molecule has 1 saturated heterocycles. The maximum absolute atomic E-state index is 12.9. The number of fused-ring (bicyclic) bond motifs is 1. The fourth-order valence-electron chi connectivity index (χ4n) is 5.07. The van der Waals surface area contributed by atoms with Gasteiger partial charge in [-0.2, -0.15) is 0 Å². The number of hydrogen-bond donors (Lipinski definition) is 2. The van der Waals surface area contributed by atoms with E-state index in [1.54, 1.807) is 60.8 Å². The van der Waals surface area contributed by atoms with Crippen LogP contribution in [0.15, 0.2) is 96.2 Å². The molecule has 2 aliphatic rings. The third kappa shape index (κ3) is 5.45. The van der Waals surface area contributed by atoms with Crippen LogP contribution in [-0.4, -0.2) is 44.8 Å². The second kappa shape index (κ2) is 11.9. The second-order valence-corrected chi connectivity index (χ2v) is 10.9. The van der Waals surface area contributed by atoms with Gasteiger partial charge in [-0.1, -0.05) is 48.5 Å². The number of anilines is 1. The highest BCUT2D eigenvalue weighted by atomic mass is 32.2. The van der Waals surface area contributed by atoms with Crippen LogP contribution in [0.5, 0.6) is 0 Å². The molecule has 0 bridgehead atoms. The zero-order valence-corrected chi connectivity index (χ0v) is 23.1. The fourth-order valence-corrected chi connectivity index (χ4v) is 6.07. The van der Waals surface area contributed by atoms with Gasteiger partial charge in [0.1, 0.15) is 5.03 Å². The van der Waals surface area contributed by atoms with Gasteiger partial charge in [0.05, 0.1) is 41.2 Å². The van der Waals surface area contributed by atoms with E-state index in [0.717, 1.165) is 16.0 Å². The maximum atomic E-state index is 12.9. The van der Waals surface area contributed by atoms with Crippen LogP contribution in [0.2, 0.25) is 0 Å². The van der Waals surface area contributed by atoms with Gasteiger partial charge in [-0.25, -0.2) is 14.7 Å². The molecule has 6 rings (SSSR count). The molecule has 0 aliphatic carbocycles. The van der Waals surface area contributed by atoms with E-state index in [2.05, 4.69) is 4.98 Å². The zero-order valence-electron chi connectivity index (χ0n) is 22.3. The van der Waals surface area contributed by atoms with Crippen molar-refractivity contribution in [3.63, 3.8) is 0 Å². The lowest BCUT2D eigenvalue weighted by atomic mass is 10.0. The second-order valence-electron chi connectivity index (χ2n) is 9.91. The quantitative estimate of drug-likeness (QED) is 0.207. The van der Waals surface area contributed by atoms with Crippen LogP contribution in [0, 0.1) is 0 Å². The lowest BCUT2D eigenvalue weighted by molar-refractivity contribution is -0.245. The van der Waals surface area contributed by atoms with Crippen LogP contribution in [0.4, 0.5) is 5.69 Å². The maximum Gasteiger partial charge on any atom is 0.338 e. The molecular formula is C32H26N2O7S. The predicted octanol–water partition coefficient (Wildman–Crippen LogP) is 5.41. The standard InChI is InChI=1S/C32H26N2O7S/c35-17-19-7-9-20(10-8-19)27-16-23(18-42-28-26(31(38)39)6-3-15-33-28)40-32(41-27)21-11-13-22(14-12-21)34-29(36)24-4-1-2-5-25(24)30(34)37/h1-15,23,27,32,35H,16-18H2,(H,38,39)/t23-,27+,32+/m1/s1. The number of rotatable bonds is 8. The minimum Gasteiger partial charge on any atom is -0.478 e. The van der Waals surface area contributed by atoms with E-state index in [9.17, 15) is 24.6 Å². The average molecular weight is 583 g/mol. The average Bonchev–Trinajstić information content (AvgIpc) is 3.29. The molecule has 3 atom stereocenters. The fraction of sp³-hybridized carbons (Fsp3) is 0.188. The van der Waals surface area contributed by atoms with Crippen molar-refractivity contribution >= 4 is 35.2 Å². The van der Waals surface area contributed by atoms with Crippen molar-refractivity contribution in [2.24, 2.45) is 0 Å². The number of hydrogen-bond acceptors (Lipinski definition) is 8. The number of carbonyl (C=O) groups is 3. The number of ether oxygens (including phenoxy) is 2. The van der Waals surface area contributed by atoms with Crippen LogP contribution in [0.1, 0.15) is 66.6 Å². The highest BCUT2D eigenvalue weighted by Crippen LogP contribution is 2.40. The van der Waals surface area contributed by atoms with Gasteiger partial charge in [-0.3, -0.25) is 9.59 Å². The molecule has 4 aromatic rings. The number of imide groups is 1. The molecule has 3 aromatic carbocycles. The minimum atomic E-state index is -1.05. The van der Waals surface area contributed by atoms with E-state index >= 15 is 0 Å². The number of aromatic nitrogens is 1. The molecule has 2 aliphatic heterocycles. The SMILES string of the molecule is O=C(O)c1cccnc1SC[C@H]1C[C@@H](c2ccc(CO)cc2)O[C@@H](c2ccc(N3C(=O)c4ccccc4C3=O)cc2)O1. The normalized spacial score (nSPS) is 20.0.